The number of piperidine rings is 1. The van der Waals surface area contributed by atoms with E-state index >= 15 is 0 Å². The zero-order valence-electron chi connectivity index (χ0n) is 29.3. The molecule has 5 amide bonds. The van der Waals surface area contributed by atoms with Crippen LogP contribution in [0.15, 0.2) is 24.3 Å². The number of carbonyl (C=O) groups excluding carboxylic acids is 6. The fourth-order valence-corrected chi connectivity index (χ4v) is 5.35. The average molecular weight is 688 g/mol. The van der Waals surface area contributed by atoms with Gasteiger partial charge in [0, 0.05) is 50.5 Å². The number of likely N-dealkylation sites (tertiary alicyclic amines) is 1. The fourth-order valence-electron chi connectivity index (χ4n) is 5.35. The molecule has 0 unspecified atom stereocenters. The van der Waals surface area contributed by atoms with Crippen LogP contribution >= 0.6 is 0 Å². The van der Waals surface area contributed by atoms with Crippen LogP contribution in [-0.4, -0.2) is 77.2 Å². The Kier molecular flexibility index (Phi) is 16.2. The molecular formula is C35H53N5O9. The van der Waals surface area contributed by atoms with Gasteiger partial charge in [-0.05, 0) is 76.5 Å². The lowest BCUT2D eigenvalue weighted by Gasteiger charge is -2.30. The summed E-state index contributed by atoms with van der Waals surface area (Å²) >= 11 is 0. The van der Waals surface area contributed by atoms with Crippen molar-refractivity contribution in [2.45, 2.75) is 98.6 Å². The summed E-state index contributed by atoms with van der Waals surface area (Å²) < 4.78 is 5.34. The smallest absolute Gasteiger partial charge is 0.312 e. The summed E-state index contributed by atoms with van der Waals surface area (Å²) in [6, 6.07) is 5.24. The van der Waals surface area contributed by atoms with Gasteiger partial charge in [-0.3, -0.25) is 28.8 Å². The summed E-state index contributed by atoms with van der Waals surface area (Å²) in [6.07, 6.45) is 1.75. The molecule has 0 bridgehead atoms. The van der Waals surface area contributed by atoms with Crippen molar-refractivity contribution in [3.63, 3.8) is 0 Å². The van der Waals surface area contributed by atoms with Crippen LogP contribution in [-0.2, 0) is 40.1 Å². The number of amides is 5. The quantitative estimate of drug-likeness (QED) is 0.113. The van der Waals surface area contributed by atoms with Crippen molar-refractivity contribution in [2.75, 3.05) is 25.0 Å². The summed E-state index contributed by atoms with van der Waals surface area (Å²) in [5, 5.41) is 17.2. The van der Waals surface area contributed by atoms with Gasteiger partial charge in [0.15, 0.2) is 5.78 Å². The van der Waals surface area contributed by atoms with Crippen molar-refractivity contribution in [2.24, 2.45) is 28.9 Å². The van der Waals surface area contributed by atoms with E-state index in [0.717, 1.165) is 5.56 Å². The van der Waals surface area contributed by atoms with Gasteiger partial charge in [0.2, 0.25) is 17.7 Å². The Morgan fingerprint density at radius 3 is 2.16 bits per heavy atom. The number of nitrogens with zero attached hydrogens (tertiary/aromatic N) is 1. The first-order valence-electron chi connectivity index (χ1n) is 16.9. The zero-order valence-corrected chi connectivity index (χ0v) is 29.3. The van der Waals surface area contributed by atoms with Crippen LogP contribution in [0.25, 0.3) is 0 Å². The summed E-state index contributed by atoms with van der Waals surface area (Å²) in [7, 11) is 0. The maximum absolute atomic E-state index is 13.5. The number of rotatable bonds is 18. The number of hydrogen-bond donors (Lipinski definition) is 5. The predicted octanol–water partition coefficient (Wildman–Crippen LogP) is 3.37. The van der Waals surface area contributed by atoms with Gasteiger partial charge in [-0.15, -0.1) is 0 Å². The zero-order chi connectivity index (χ0) is 36.7. The predicted molar refractivity (Wildman–Crippen MR) is 182 cm³/mol. The summed E-state index contributed by atoms with van der Waals surface area (Å²) in [5.74, 6) is -3.91. The number of carboxylic acids is 1. The third-order valence-corrected chi connectivity index (χ3v) is 8.37. The van der Waals surface area contributed by atoms with Gasteiger partial charge in [0.25, 0.3) is 0 Å². The first-order chi connectivity index (χ1) is 23.0. The van der Waals surface area contributed by atoms with Crippen molar-refractivity contribution in [3.05, 3.63) is 29.8 Å². The van der Waals surface area contributed by atoms with Crippen molar-refractivity contribution >= 4 is 47.2 Å². The number of carboxylic acid groups (broad SMARTS) is 1. The molecule has 0 aliphatic carbocycles. The first kappa shape index (κ1) is 40.7. The van der Waals surface area contributed by atoms with Crippen molar-refractivity contribution < 1.29 is 43.4 Å². The van der Waals surface area contributed by atoms with Crippen LogP contribution in [0, 0.1) is 23.2 Å². The van der Waals surface area contributed by atoms with Crippen molar-refractivity contribution in [1.82, 2.24) is 15.5 Å². The Balaban J connectivity index is 1.97. The number of benzene rings is 1. The van der Waals surface area contributed by atoms with E-state index in [-0.39, 0.29) is 74.7 Å². The van der Waals surface area contributed by atoms with E-state index in [1.165, 1.54) is 0 Å². The molecule has 14 heteroatoms. The third-order valence-electron chi connectivity index (χ3n) is 8.37. The Bertz CT molecular complexity index is 1320. The topological polar surface area (TPSA) is 214 Å². The number of anilines is 1. The molecule has 2 rings (SSSR count). The van der Waals surface area contributed by atoms with Gasteiger partial charge in [-0.2, -0.15) is 0 Å². The number of nitrogens with two attached hydrogens (primary N) is 1. The Morgan fingerprint density at radius 2 is 1.61 bits per heavy atom. The number of ketones is 1. The summed E-state index contributed by atoms with van der Waals surface area (Å²) in [5.41, 5.74) is 5.75. The van der Waals surface area contributed by atoms with E-state index in [1.807, 2.05) is 0 Å². The van der Waals surface area contributed by atoms with E-state index in [1.54, 1.807) is 63.8 Å². The highest BCUT2D eigenvalue weighted by Gasteiger charge is 2.30. The number of nitrogens with one attached hydrogen (secondary N) is 3. The molecule has 14 nitrogen and oxygen atoms in total. The molecule has 0 spiro atoms. The van der Waals surface area contributed by atoms with Crippen LogP contribution < -0.4 is 21.7 Å². The number of urea groups is 1. The largest absolute Gasteiger partial charge is 0.481 e. The average Bonchev–Trinajstić information content (AvgIpc) is 3.03. The molecule has 2 atom stereocenters. The monoisotopic (exact) mass is 687 g/mol. The maximum Gasteiger partial charge on any atom is 0.312 e. The SMILES string of the molecule is CC(C)[C@H](NC(=O)CCCC(=O)N1CCC(C(=O)O)CC1)C(=O)C[C@@H](CCCNC(N)=O)C(=O)Nc1ccc(COC(=O)C(C)(C)C)cc1. The number of esters is 1. The second-order valence-electron chi connectivity index (χ2n) is 13.9. The lowest BCUT2D eigenvalue weighted by Crippen LogP contribution is -2.45. The van der Waals surface area contributed by atoms with Gasteiger partial charge in [0.05, 0.1) is 17.4 Å². The number of carbonyl (C=O) groups is 7. The standard InChI is InChI=1S/C35H53N5O9/c1-22(2)30(39-28(42)9-6-10-29(43)40-18-15-24(16-19-40)32(45)46)27(41)20-25(8-7-17-37-34(36)48)31(44)38-26-13-11-23(12-14-26)21-49-33(47)35(3,4)5/h11-14,22,24-25,30H,6-10,15-21H2,1-5H3,(H,38,44)(H,39,42)(H,45,46)(H3,36,37,48)/t25-,30+/m1/s1. The Labute approximate surface area is 288 Å². The molecule has 1 saturated heterocycles. The minimum atomic E-state index is -0.854. The lowest BCUT2D eigenvalue weighted by atomic mass is 9.89. The Morgan fingerprint density at radius 1 is 0.980 bits per heavy atom. The molecule has 0 saturated carbocycles. The molecule has 1 aromatic carbocycles. The van der Waals surface area contributed by atoms with Gasteiger partial charge in [-0.25, -0.2) is 4.79 Å². The van der Waals surface area contributed by atoms with Crippen LogP contribution in [0.2, 0.25) is 0 Å². The van der Waals surface area contributed by atoms with Gasteiger partial charge in [0.1, 0.15) is 6.61 Å². The maximum atomic E-state index is 13.5. The second kappa shape index (κ2) is 19.5. The van der Waals surface area contributed by atoms with Crippen molar-refractivity contribution in [1.29, 1.82) is 0 Å². The number of primary amides is 1. The second-order valence-corrected chi connectivity index (χ2v) is 13.9. The van der Waals surface area contributed by atoms with Crippen LogP contribution in [0.1, 0.15) is 91.5 Å². The normalized spacial score (nSPS) is 14.8. The molecule has 272 valence electrons. The molecule has 6 N–H and O–H groups in total. The molecule has 1 aliphatic heterocycles. The number of hydrogen-bond acceptors (Lipinski definition) is 8. The van der Waals surface area contributed by atoms with Crippen LogP contribution in [0.5, 0.6) is 0 Å². The van der Waals surface area contributed by atoms with Gasteiger partial charge < -0.3 is 36.4 Å². The van der Waals surface area contributed by atoms with E-state index < -0.39 is 41.2 Å². The van der Waals surface area contributed by atoms with Gasteiger partial charge >= 0.3 is 18.0 Å². The molecular weight excluding hydrogens is 634 g/mol. The molecule has 1 aliphatic rings. The minimum Gasteiger partial charge on any atom is -0.481 e. The van der Waals surface area contributed by atoms with Crippen LogP contribution in [0.4, 0.5) is 10.5 Å². The summed E-state index contributed by atoms with van der Waals surface area (Å²) in [6.45, 7) is 9.92. The van der Waals surface area contributed by atoms with E-state index in [0.29, 0.717) is 38.0 Å². The number of ether oxygens (including phenoxy) is 1. The number of aliphatic carboxylic acids is 1. The fraction of sp³-hybridized carbons (Fsp3) is 0.629. The molecule has 1 fully saturated rings. The summed E-state index contributed by atoms with van der Waals surface area (Å²) in [4.78, 5) is 88.3. The Hall–Kier alpha value is -4.49. The molecule has 0 radical (unpaired) electrons. The van der Waals surface area contributed by atoms with Crippen molar-refractivity contribution in [3.8, 4) is 0 Å². The highest BCUT2D eigenvalue weighted by molar-refractivity contribution is 5.97. The minimum absolute atomic E-state index is 0.0297. The van der Waals surface area contributed by atoms with Gasteiger partial charge in [-0.1, -0.05) is 26.0 Å². The lowest BCUT2D eigenvalue weighted by molar-refractivity contribution is -0.154. The first-order valence-corrected chi connectivity index (χ1v) is 16.9. The third kappa shape index (κ3) is 14.7. The highest BCUT2D eigenvalue weighted by Crippen LogP contribution is 2.21. The van der Waals surface area contributed by atoms with E-state index in [9.17, 15) is 33.6 Å². The molecule has 49 heavy (non-hydrogen) atoms. The molecule has 0 aromatic heterocycles. The molecule has 1 heterocycles. The highest BCUT2D eigenvalue weighted by atomic mass is 16.5. The van der Waals surface area contributed by atoms with E-state index in [2.05, 4.69) is 16.0 Å². The van der Waals surface area contributed by atoms with E-state index in [4.69, 9.17) is 15.6 Å². The van der Waals surface area contributed by atoms with Crippen LogP contribution in [0.3, 0.4) is 0 Å². The molecule has 1 aromatic rings. The number of Topliss-reactive ketones (excluding diaryl/α,β-unsaturated/α-hetero) is 1.